The molecule has 188 valence electrons. The third kappa shape index (κ3) is 4.65. The number of methoxy groups -OCH3 is 2. The summed E-state index contributed by atoms with van der Waals surface area (Å²) < 4.78 is 20.3. The lowest BCUT2D eigenvalue weighted by Crippen LogP contribution is -2.33. The predicted octanol–water partition coefficient (Wildman–Crippen LogP) is 4.35. The van der Waals surface area contributed by atoms with Gasteiger partial charge in [-0.1, -0.05) is 23.7 Å². The standard InChI is InChI=1S/C26H27ClN4O5/c1-34-23-7-3-5-18(26(23)35-2)25-19-13-16(27)8-10-20(19)30-12-4-6-21(30)22(36-25)11-9-17-14-28-31(29-17)15-24(32)33/h3-8,10,12-13,22,25,28H,9,11,14-15H2,1-2H3,(H,32,33)/t22-,25-/m1/s1. The van der Waals surface area contributed by atoms with Crippen LogP contribution in [0.2, 0.25) is 5.02 Å². The number of fused-ring (bicyclic) bond motifs is 3. The van der Waals surface area contributed by atoms with E-state index in [2.05, 4.69) is 21.2 Å². The van der Waals surface area contributed by atoms with E-state index in [0.29, 0.717) is 35.9 Å². The van der Waals surface area contributed by atoms with Crippen molar-refractivity contribution in [2.45, 2.75) is 25.0 Å². The molecule has 5 rings (SSSR count). The van der Waals surface area contributed by atoms with E-state index < -0.39 is 12.1 Å². The largest absolute Gasteiger partial charge is 0.493 e. The number of hydrazine groups is 1. The first-order valence-corrected chi connectivity index (χ1v) is 12.0. The van der Waals surface area contributed by atoms with E-state index in [9.17, 15) is 4.79 Å². The molecule has 0 saturated heterocycles. The lowest BCUT2D eigenvalue weighted by atomic mass is 9.98. The number of carboxylic acids is 1. The van der Waals surface area contributed by atoms with E-state index in [1.165, 1.54) is 5.12 Å². The zero-order valence-electron chi connectivity index (χ0n) is 20.0. The molecule has 2 aliphatic heterocycles. The van der Waals surface area contributed by atoms with E-state index in [4.69, 9.17) is 30.9 Å². The van der Waals surface area contributed by atoms with Gasteiger partial charge in [0.25, 0.3) is 0 Å². The molecule has 2 aromatic carbocycles. The highest BCUT2D eigenvalue weighted by Gasteiger charge is 2.33. The SMILES string of the molecule is COc1cccc([C@H]2O[C@H](CCC3=NN(CC(=O)O)NC3)c3cccn3-c3ccc(Cl)cc32)c1OC. The van der Waals surface area contributed by atoms with Gasteiger partial charge < -0.3 is 23.9 Å². The van der Waals surface area contributed by atoms with Gasteiger partial charge in [-0.15, -0.1) is 0 Å². The number of rotatable bonds is 8. The van der Waals surface area contributed by atoms with Gasteiger partial charge >= 0.3 is 5.97 Å². The first-order valence-electron chi connectivity index (χ1n) is 11.6. The van der Waals surface area contributed by atoms with E-state index in [-0.39, 0.29) is 12.6 Å². The molecular formula is C26H27ClN4O5. The van der Waals surface area contributed by atoms with Crippen molar-refractivity contribution < 1.29 is 24.1 Å². The molecule has 36 heavy (non-hydrogen) atoms. The van der Waals surface area contributed by atoms with Crippen LogP contribution in [-0.4, -0.2) is 53.8 Å². The van der Waals surface area contributed by atoms with Crippen LogP contribution < -0.4 is 14.9 Å². The summed E-state index contributed by atoms with van der Waals surface area (Å²) in [5.74, 6) is 0.284. The van der Waals surface area contributed by atoms with Crippen molar-refractivity contribution in [1.82, 2.24) is 15.1 Å². The van der Waals surface area contributed by atoms with Crippen LogP contribution in [0.1, 0.15) is 41.9 Å². The number of nitrogens with zero attached hydrogens (tertiary/aromatic N) is 3. The molecule has 0 bridgehead atoms. The second-order valence-electron chi connectivity index (χ2n) is 8.58. The topological polar surface area (TPSA) is 97.5 Å². The van der Waals surface area contributed by atoms with Gasteiger partial charge in [-0.2, -0.15) is 5.10 Å². The minimum atomic E-state index is -0.941. The number of hydrogen-bond acceptors (Lipinski definition) is 7. The summed E-state index contributed by atoms with van der Waals surface area (Å²) in [6, 6.07) is 15.6. The molecule has 1 aromatic heterocycles. The molecule has 2 atom stereocenters. The van der Waals surface area contributed by atoms with Gasteiger partial charge in [-0.05, 0) is 49.2 Å². The van der Waals surface area contributed by atoms with Gasteiger partial charge in [0.15, 0.2) is 18.0 Å². The maximum atomic E-state index is 11.0. The normalized spacial score (nSPS) is 18.8. The van der Waals surface area contributed by atoms with Gasteiger partial charge in [-0.25, -0.2) is 10.5 Å². The highest BCUT2D eigenvalue weighted by Crippen LogP contribution is 2.46. The zero-order valence-corrected chi connectivity index (χ0v) is 20.7. The Morgan fingerprint density at radius 3 is 2.83 bits per heavy atom. The molecule has 0 saturated carbocycles. The van der Waals surface area contributed by atoms with Gasteiger partial charge in [0.05, 0.1) is 44.0 Å². The number of hydrazone groups is 1. The molecule has 0 radical (unpaired) electrons. The van der Waals surface area contributed by atoms with Crippen LogP contribution in [0.3, 0.4) is 0 Å². The molecule has 10 heteroatoms. The molecule has 0 spiro atoms. The van der Waals surface area contributed by atoms with Crippen LogP contribution in [0.4, 0.5) is 0 Å². The van der Waals surface area contributed by atoms with Crippen LogP contribution in [-0.2, 0) is 9.53 Å². The molecule has 3 aromatic rings. The number of halogens is 1. The summed E-state index contributed by atoms with van der Waals surface area (Å²) in [4.78, 5) is 11.0. The number of hydrogen-bond donors (Lipinski definition) is 2. The fourth-order valence-electron chi connectivity index (χ4n) is 4.79. The third-order valence-corrected chi connectivity index (χ3v) is 6.60. The highest BCUT2D eigenvalue weighted by molar-refractivity contribution is 6.30. The van der Waals surface area contributed by atoms with Gasteiger partial charge in [-0.3, -0.25) is 4.79 Å². The molecule has 9 nitrogen and oxygen atoms in total. The summed E-state index contributed by atoms with van der Waals surface area (Å²) >= 11 is 6.46. The summed E-state index contributed by atoms with van der Waals surface area (Å²) in [5, 5.41) is 15.4. The maximum Gasteiger partial charge on any atom is 0.326 e. The second kappa shape index (κ2) is 10.2. The molecule has 2 N–H and O–H groups in total. The van der Waals surface area contributed by atoms with E-state index >= 15 is 0 Å². The predicted molar refractivity (Wildman–Crippen MR) is 135 cm³/mol. The Morgan fingerprint density at radius 2 is 2.06 bits per heavy atom. The van der Waals surface area contributed by atoms with Crippen molar-refractivity contribution in [2.75, 3.05) is 27.3 Å². The Labute approximate surface area is 213 Å². The average molecular weight is 511 g/mol. The smallest absolute Gasteiger partial charge is 0.326 e. The average Bonchev–Trinajstić information content (AvgIpc) is 3.51. The van der Waals surface area contributed by atoms with Crippen LogP contribution in [0.5, 0.6) is 11.5 Å². The molecule has 2 aliphatic rings. The molecule has 0 aliphatic carbocycles. The lowest BCUT2D eigenvalue weighted by molar-refractivity contribution is -0.138. The summed E-state index contributed by atoms with van der Waals surface area (Å²) in [6.07, 6.45) is 2.56. The number of carbonyl (C=O) groups is 1. The number of ether oxygens (including phenoxy) is 3. The van der Waals surface area contributed by atoms with Crippen LogP contribution in [0.25, 0.3) is 5.69 Å². The monoisotopic (exact) mass is 510 g/mol. The van der Waals surface area contributed by atoms with Crippen LogP contribution in [0, 0.1) is 0 Å². The number of nitrogens with one attached hydrogen (secondary N) is 1. The first kappa shape index (κ1) is 24.2. The number of para-hydroxylation sites is 1. The number of aliphatic carboxylic acids is 1. The minimum absolute atomic E-state index is 0.194. The van der Waals surface area contributed by atoms with Crippen molar-refractivity contribution >= 4 is 23.3 Å². The van der Waals surface area contributed by atoms with Crippen molar-refractivity contribution in [3.8, 4) is 17.2 Å². The van der Waals surface area contributed by atoms with Crippen molar-refractivity contribution in [3.05, 3.63) is 76.6 Å². The Kier molecular flexibility index (Phi) is 6.86. The highest BCUT2D eigenvalue weighted by atomic mass is 35.5. The Hall–Kier alpha value is -3.53. The summed E-state index contributed by atoms with van der Waals surface area (Å²) in [7, 11) is 3.23. The quantitative estimate of drug-likeness (QED) is 0.465. The van der Waals surface area contributed by atoms with Crippen LogP contribution >= 0.6 is 11.6 Å². The van der Waals surface area contributed by atoms with Crippen LogP contribution in [0.15, 0.2) is 59.8 Å². The molecule has 3 heterocycles. The fraction of sp³-hybridized carbons (Fsp3) is 0.308. The van der Waals surface area contributed by atoms with Crippen molar-refractivity contribution in [1.29, 1.82) is 0 Å². The van der Waals surface area contributed by atoms with Gasteiger partial charge in [0.1, 0.15) is 6.10 Å². The van der Waals surface area contributed by atoms with Crippen molar-refractivity contribution in [2.24, 2.45) is 5.10 Å². The zero-order chi connectivity index (χ0) is 25.2. The second-order valence-corrected chi connectivity index (χ2v) is 9.02. The van der Waals surface area contributed by atoms with Crippen molar-refractivity contribution in [3.63, 3.8) is 0 Å². The summed E-state index contributed by atoms with van der Waals surface area (Å²) in [5.41, 5.74) is 7.61. The molecular weight excluding hydrogens is 484 g/mol. The third-order valence-electron chi connectivity index (χ3n) is 6.37. The van der Waals surface area contributed by atoms with E-state index in [1.807, 2.05) is 48.7 Å². The minimum Gasteiger partial charge on any atom is -0.493 e. The Bertz CT molecular complexity index is 1310. The molecule has 0 fully saturated rings. The molecule has 0 unspecified atom stereocenters. The number of aromatic nitrogens is 1. The lowest BCUT2D eigenvalue weighted by Gasteiger charge is -2.25. The Morgan fingerprint density at radius 1 is 1.19 bits per heavy atom. The fourth-order valence-corrected chi connectivity index (χ4v) is 4.97. The number of carboxylic acid groups (broad SMARTS) is 1. The first-order chi connectivity index (χ1) is 17.5. The number of benzene rings is 2. The molecule has 0 amide bonds. The maximum absolute atomic E-state index is 11.0. The van der Waals surface area contributed by atoms with E-state index in [1.54, 1.807) is 14.2 Å². The Balaban J connectivity index is 1.53. The summed E-state index contributed by atoms with van der Waals surface area (Å²) in [6.45, 7) is 0.310. The van der Waals surface area contributed by atoms with Gasteiger partial charge in [0, 0.05) is 22.3 Å². The van der Waals surface area contributed by atoms with E-state index in [0.717, 1.165) is 28.2 Å². The van der Waals surface area contributed by atoms with Gasteiger partial charge in [0.2, 0.25) is 0 Å².